The number of hydrogen-bond acceptors (Lipinski definition) is 4. The molecular formula is C18H18ClF3N2O4S2. The summed E-state index contributed by atoms with van der Waals surface area (Å²) >= 11 is 6.06. The molecule has 0 atom stereocenters. The Labute approximate surface area is 177 Å². The van der Waals surface area contributed by atoms with Crippen molar-refractivity contribution < 1.29 is 30.0 Å². The summed E-state index contributed by atoms with van der Waals surface area (Å²) in [6.45, 7) is 0.695. The maximum atomic E-state index is 12.9. The number of anilines is 1. The molecule has 12 heteroatoms. The summed E-state index contributed by atoms with van der Waals surface area (Å²) in [4.78, 5) is -0.635. The molecule has 0 aliphatic carbocycles. The quantitative estimate of drug-likeness (QED) is 0.687. The first kappa shape index (κ1) is 22.9. The topological polar surface area (TPSA) is 83.5 Å². The minimum absolute atomic E-state index is 0.0574. The third-order valence-corrected chi connectivity index (χ3v) is 8.39. The second-order valence-electron chi connectivity index (χ2n) is 6.74. The lowest BCUT2D eigenvalue weighted by Gasteiger charge is -2.26. The summed E-state index contributed by atoms with van der Waals surface area (Å²) in [6, 6.07) is 6.60. The van der Waals surface area contributed by atoms with Crippen molar-refractivity contribution in [1.29, 1.82) is 0 Å². The fourth-order valence-electron chi connectivity index (χ4n) is 3.05. The molecule has 164 valence electrons. The van der Waals surface area contributed by atoms with Gasteiger partial charge in [-0.1, -0.05) is 18.0 Å². The highest BCUT2D eigenvalue weighted by molar-refractivity contribution is 7.92. The molecule has 0 radical (unpaired) electrons. The van der Waals surface area contributed by atoms with Crippen LogP contribution in [0.2, 0.25) is 5.02 Å². The van der Waals surface area contributed by atoms with Crippen molar-refractivity contribution in [3.8, 4) is 0 Å². The van der Waals surface area contributed by atoms with Crippen molar-refractivity contribution in [3.05, 3.63) is 53.1 Å². The molecule has 1 saturated heterocycles. The average Bonchev–Trinajstić information content (AvgIpc) is 2.69. The Morgan fingerprint density at radius 2 is 1.50 bits per heavy atom. The lowest BCUT2D eigenvalue weighted by Crippen LogP contribution is -2.35. The number of nitrogens with zero attached hydrogens (tertiary/aromatic N) is 1. The van der Waals surface area contributed by atoms with Crippen LogP contribution in [0.15, 0.2) is 52.3 Å². The molecule has 1 heterocycles. The summed E-state index contributed by atoms with van der Waals surface area (Å²) in [5.41, 5.74) is -1.06. The van der Waals surface area contributed by atoms with E-state index in [1.165, 1.54) is 16.4 Å². The van der Waals surface area contributed by atoms with Crippen LogP contribution in [0.5, 0.6) is 0 Å². The summed E-state index contributed by atoms with van der Waals surface area (Å²) in [5, 5.41) is -0.0574. The number of hydrogen-bond donors (Lipinski definition) is 1. The molecule has 30 heavy (non-hydrogen) atoms. The highest BCUT2D eigenvalue weighted by atomic mass is 35.5. The zero-order valence-electron chi connectivity index (χ0n) is 15.5. The highest BCUT2D eigenvalue weighted by Crippen LogP contribution is 2.32. The number of alkyl halides is 3. The van der Waals surface area contributed by atoms with Crippen LogP contribution in [0.3, 0.4) is 0 Å². The predicted octanol–water partition coefficient (Wildman–Crippen LogP) is 4.33. The standard InChI is InChI=1S/C18H18ClF3N2O4S2/c19-16-9-6-14(12-17(16)30(27,28)24-10-2-1-3-11-24)23-29(25,26)15-7-4-13(5-8-15)18(20,21)22/h4-9,12,23H,1-3,10-11H2. The molecule has 0 saturated carbocycles. The number of benzene rings is 2. The molecule has 0 amide bonds. The van der Waals surface area contributed by atoms with Crippen molar-refractivity contribution in [2.75, 3.05) is 17.8 Å². The molecule has 1 aliphatic heterocycles. The average molecular weight is 483 g/mol. The summed E-state index contributed by atoms with van der Waals surface area (Å²) in [5.74, 6) is 0. The zero-order valence-corrected chi connectivity index (χ0v) is 17.9. The van der Waals surface area contributed by atoms with Gasteiger partial charge in [0, 0.05) is 13.1 Å². The maximum absolute atomic E-state index is 12.9. The van der Waals surface area contributed by atoms with Crippen LogP contribution < -0.4 is 4.72 Å². The van der Waals surface area contributed by atoms with Crippen LogP contribution in [0.4, 0.5) is 18.9 Å². The predicted molar refractivity (Wildman–Crippen MR) is 106 cm³/mol. The Balaban J connectivity index is 1.89. The van der Waals surface area contributed by atoms with Gasteiger partial charge in [0.25, 0.3) is 10.0 Å². The SMILES string of the molecule is O=S(=O)(Nc1ccc(Cl)c(S(=O)(=O)N2CCCCC2)c1)c1ccc(C(F)(F)F)cc1. The highest BCUT2D eigenvalue weighted by Gasteiger charge is 2.31. The smallest absolute Gasteiger partial charge is 0.280 e. The Hall–Kier alpha value is -1.82. The second-order valence-corrected chi connectivity index (χ2v) is 10.7. The number of piperidine rings is 1. The van der Waals surface area contributed by atoms with Gasteiger partial charge >= 0.3 is 6.18 Å². The third-order valence-electron chi connectivity index (χ3n) is 4.61. The Bertz CT molecular complexity index is 1130. The van der Waals surface area contributed by atoms with Gasteiger partial charge in [-0.15, -0.1) is 0 Å². The minimum Gasteiger partial charge on any atom is -0.280 e. The molecule has 3 rings (SSSR count). The molecular weight excluding hydrogens is 465 g/mol. The Morgan fingerprint density at radius 3 is 2.07 bits per heavy atom. The van der Waals surface area contributed by atoms with Crippen LogP contribution in [0.1, 0.15) is 24.8 Å². The summed E-state index contributed by atoms with van der Waals surface area (Å²) in [6.07, 6.45) is -2.23. The number of rotatable bonds is 5. The monoisotopic (exact) mass is 482 g/mol. The molecule has 1 fully saturated rings. The normalized spacial score (nSPS) is 16.4. The largest absolute Gasteiger partial charge is 0.416 e. The molecule has 1 aliphatic rings. The van der Waals surface area contributed by atoms with Gasteiger partial charge in [0.15, 0.2) is 0 Å². The fraction of sp³-hybridized carbons (Fsp3) is 0.333. The van der Waals surface area contributed by atoms with Crippen molar-refractivity contribution >= 4 is 37.3 Å². The molecule has 0 bridgehead atoms. The van der Waals surface area contributed by atoms with Gasteiger partial charge in [0.05, 0.1) is 21.2 Å². The molecule has 6 nitrogen and oxygen atoms in total. The molecule has 0 spiro atoms. The molecule has 0 unspecified atom stereocenters. The summed E-state index contributed by atoms with van der Waals surface area (Å²) < 4.78 is 92.3. The van der Waals surface area contributed by atoms with Gasteiger partial charge in [0.1, 0.15) is 4.90 Å². The van der Waals surface area contributed by atoms with Crippen molar-refractivity contribution in [2.45, 2.75) is 35.2 Å². The van der Waals surface area contributed by atoms with Crippen LogP contribution in [-0.2, 0) is 26.2 Å². The van der Waals surface area contributed by atoms with E-state index in [0.717, 1.165) is 37.5 Å². The number of sulfonamides is 2. The lowest BCUT2D eigenvalue weighted by atomic mass is 10.2. The zero-order chi connectivity index (χ0) is 22.2. The van der Waals surface area contributed by atoms with E-state index in [2.05, 4.69) is 4.72 Å². The van der Waals surface area contributed by atoms with Gasteiger partial charge in [0.2, 0.25) is 10.0 Å². The van der Waals surface area contributed by atoms with Crippen molar-refractivity contribution in [3.63, 3.8) is 0 Å². The summed E-state index contributed by atoms with van der Waals surface area (Å²) in [7, 11) is -8.16. The number of halogens is 4. The van der Waals surface area contributed by atoms with Gasteiger partial charge < -0.3 is 0 Å². The van der Waals surface area contributed by atoms with E-state index in [1.807, 2.05) is 0 Å². The molecule has 2 aromatic rings. The van der Waals surface area contributed by atoms with Crippen LogP contribution in [0.25, 0.3) is 0 Å². The Kier molecular flexibility index (Phi) is 6.38. The van der Waals surface area contributed by atoms with E-state index in [4.69, 9.17) is 11.6 Å². The first-order valence-corrected chi connectivity index (χ1v) is 12.2. The number of nitrogens with one attached hydrogen (secondary N) is 1. The van der Waals surface area contributed by atoms with E-state index >= 15 is 0 Å². The molecule has 1 N–H and O–H groups in total. The van der Waals surface area contributed by atoms with Gasteiger partial charge in [-0.3, -0.25) is 4.72 Å². The van der Waals surface area contributed by atoms with Gasteiger partial charge in [-0.05, 0) is 55.3 Å². The van der Waals surface area contributed by atoms with E-state index in [1.54, 1.807) is 0 Å². The first-order valence-electron chi connectivity index (χ1n) is 8.91. The van der Waals surface area contributed by atoms with Crippen LogP contribution in [-0.4, -0.2) is 34.2 Å². The van der Waals surface area contributed by atoms with E-state index in [9.17, 15) is 30.0 Å². The third kappa shape index (κ3) is 4.90. The first-order chi connectivity index (χ1) is 13.9. The van der Waals surface area contributed by atoms with Crippen LogP contribution >= 0.6 is 11.6 Å². The lowest BCUT2D eigenvalue weighted by molar-refractivity contribution is -0.137. The van der Waals surface area contributed by atoms with Gasteiger partial charge in [-0.25, -0.2) is 16.8 Å². The second kappa shape index (κ2) is 8.37. The van der Waals surface area contributed by atoms with E-state index < -0.39 is 36.7 Å². The van der Waals surface area contributed by atoms with Crippen molar-refractivity contribution in [2.24, 2.45) is 0 Å². The van der Waals surface area contributed by atoms with E-state index in [0.29, 0.717) is 25.2 Å². The van der Waals surface area contributed by atoms with Crippen LogP contribution in [0, 0.1) is 0 Å². The Morgan fingerprint density at radius 1 is 0.900 bits per heavy atom. The van der Waals surface area contributed by atoms with E-state index in [-0.39, 0.29) is 15.6 Å². The van der Waals surface area contributed by atoms with Crippen molar-refractivity contribution in [1.82, 2.24) is 4.31 Å². The molecule has 0 aromatic heterocycles. The maximum Gasteiger partial charge on any atom is 0.416 e. The molecule has 2 aromatic carbocycles. The minimum atomic E-state index is -4.59. The fourth-order valence-corrected chi connectivity index (χ4v) is 6.11. The van der Waals surface area contributed by atoms with Gasteiger partial charge in [-0.2, -0.15) is 17.5 Å².